The van der Waals surface area contributed by atoms with Gasteiger partial charge in [0.1, 0.15) is 12.2 Å². The first kappa shape index (κ1) is 18.6. The van der Waals surface area contributed by atoms with Crippen LogP contribution in [-0.2, 0) is 16.6 Å². The molecule has 2 N–H and O–H groups in total. The number of nitrogens with zero attached hydrogens (tertiary/aromatic N) is 2. The highest BCUT2D eigenvalue weighted by molar-refractivity contribution is 7.89. The van der Waals surface area contributed by atoms with Crippen LogP contribution < -0.4 is 9.88 Å². The van der Waals surface area contributed by atoms with Crippen molar-refractivity contribution in [3.63, 3.8) is 0 Å². The third-order valence-electron chi connectivity index (χ3n) is 3.93. The summed E-state index contributed by atoms with van der Waals surface area (Å²) >= 11 is 0. The molecule has 0 atom stereocenters. The number of benzene rings is 2. The molecule has 0 unspecified atom stereocenters. The highest BCUT2D eigenvalue weighted by atomic mass is 32.2. The molecule has 0 saturated heterocycles. The lowest BCUT2D eigenvalue weighted by Crippen LogP contribution is -2.11. The van der Waals surface area contributed by atoms with Crippen LogP contribution in [0.15, 0.2) is 53.6 Å². The van der Waals surface area contributed by atoms with Crippen LogP contribution in [0.1, 0.15) is 0 Å². The van der Waals surface area contributed by atoms with E-state index in [0.717, 1.165) is 0 Å². The first-order chi connectivity index (χ1) is 12.8. The van der Waals surface area contributed by atoms with Gasteiger partial charge in [0.2, 0.25) is 10.0 Å². The van der Waals surface area contributed by atoms with E-state index in [1.54, 1.807) is 29.1 Å². The zero-order valence-corrected chi connectivity index (χ0v) is 15.2. The highest BCUT2D eigenvalue weighted by Crippen LogP contribution is 2.33. The summed E-state index contributed by atoms with van der Waals surface area (Å²) in [4.78, 5) is -0.00801. The van der Waals surface area contributed by atoms with Crippen molar-refractivity contribution in [2.75, 3.05) is 7.11 Å². The quantitative estimate of drug-likeness (QED) is 0.684. The average Bonchev–Trinajstić information content (AvgIpc) is 3.05. The van der Waals surface area contributed by atoms with Crippen LogP contribution >= 0.6 is 0 Å². The molecule has 0 bridgehead atoms. The standard InChI is InChI=1S/C19H16FN3O3S/c1-3-10-23-12-16(14-6-9-18(26-2)17(20)11-14)19(22-23)13-4-7-15(8-5-13)27(21,24)25/h1,4-9,11-12H,10H2,2H3,(H2,21,24,25). The van der Waals surface area contributed by atoms with Crippen molar-refractivity contribution in [3.8, 4) is 40.5 Å². The van der Waals surface area contributed by atoms with Crippen molar-refractivity contribution in [2.24, 2.45) is 5.14 Å². The van der Waals surface area contributed by atoms with Crippen LogP contribution in [0.3, 0.4) is 0 Å². The van der Waals surface area contributed by atoms with Gasteiger partial charge in [0, 0.05) is 17.3 Å². The first-order valence-electron chi connectivity index (χ1n) is 7.81. The second-order valence-corrected chi connectivity index (χ2v) is 7.27. The Balaban J connectivity index is 2.13. The summed E-state index contributed by atoms with van der Waals surface area (Å²) in [6.07, 6.45) is 7.07. The van der Waals surface area contributed by atoms with Gasteiger partial charge < -0.3 is 4.74 Å². The predicted octanol–water partition coefficient (Wildman–Crippen LogP) is 2.65. The van der Waals surface area contributed by atoms with Gasteiger partial charge in [-0.2, -0.15) is 5.10 Å². The molecule has 2 aromatic carbocycles. The number of nitrogens with two attached hydrogens (primary N) is 1. The van der Waals surface area contributed by atoms with Gasteiger partial charge in [0.05, 0.1) is 12.0 Å². The average molecular weight is 385 g/mol. The molecule has 6 nitrogen and oxygen atoms in total. The monoisotopic (exact) mass is 385 g/mol. The molecule has 0 aliphatic heterocycles. The summed E-state index contributed by atoms with van der Waals surface area (Å²) in [5.41, 5.74) is 2.41. The maximum atomic E-state index is 14.1. The van der Waals surface area contributed by atoms with Gasteiger partial charge in [0.15, 0.2) is 11.6 Å². The van der Waals surface area contributed by atoms with Crippen molar-refractivity contribution in [3.05, 3.63) is 54.5 Å². The van der Waals surface area contributed by atoms with Gasteiger partial charge in [-0.05, 0) is 29.8 Å². The number of ether oxygens (including phenoxy) is 1. The van der Waals surface area contributed by atoms with E-state index >= 15 is 0 Å². The molecule has 138 valence electrons. The van der Waals surface area contributed by atoms with Crippen LogP contribution in [0.4, 0.5) is 4.39 Å². The Kier molecular flexibility index (Phi) is 4.99. The van der Waals surface area contributed by atoms with Crippen molar-refractivity contribution in [2.45, 2.75) is 11.4 Å². The molecule has 3 rings (SSSR count). The lowest BCUT2D eigenvalue weighted by molar-refractivity contribution is 0.386. The fourth-order valence-electron chi connectivity index (χ4n) is 2.66. The maximum absolute atomic E-state index is 14.1. The van der Waals surface area contributed by atoms with Crippen molar-refractivity contribution in [1.29, 1.82) is 0 Å². The van der Waals surface area contributed by atoms with E-state index in [-0.39, 0.29) is 17.2 Å². The highest BCUT2D eigenvalue weighted by Gasteiger charge is 2.16. The van der Waals surface area contributed by atoms with E-state index in [1.807, 2.05) is 0 Å². The minimum atomic E-state index is -3.80. The van der Waals surface area contributed by atoms with Gasteiger partial charge >= 0.3 is 0 Å². The molecule has 0 aliphatic carbocycles. The summed E-state index contributed by atoms with van der Waals surface area (Å²) < 4.78 is 43.5. The van der Waals surface area contributed by atoms with Gasteiger partial charge in [-0.25, -0.2) is 17.9 Å². The predicted molar refractivity (Wildman–Crippen MR) is 99.8 cm³/mol. The number of sulfonamides is 1. The largest absolute Gasteiger partial charge is 0.494 e. The molecule has 1 aromatic heterocycles. The summed E-state index contributed by atoms with van der Waals surface area (Å²) in [7, 11) is -2.41. The van der Waals surface area contributed by atoms with E-state index in [1.165, 1.54) is 31.4 Å². The van der Waals surface area contributed by atoms with E-state index < -0.39 is 15.8 Å². The first-order valence-corrected chi connectivity index (χ1v) is 9.36. The molecule has 0 aliphatic rings. The normalized spacial score (nSPS) is 11.2. The summed E-state index contributed by atoms with van der Waals surface area (Å²) in [5, 5.41) is 9.58. The molecule has 27 heavy (non-hydrogen) atoms. The number of terminal acetylenes is 1. The Morgan fingerprint density at radius 3 is 2.44 bits per heavy atom. The third-order valence-corrected chi connectivity index (χ3v) is 4.86. The van der Waals surface area contributed by atoms with Crippen molar-refractivity contribution < 1.29 is 17.5 Å². The van der Waals surface area contributed by atoms with Crippen LogP contribution in [0.25, 0.3) is 22.4 Å². The van der Waals surface area contributed by atoms with E-state index in [9.17, 15) is 12.8 Å². The lowest BCUT2D eigenvalue weighted by Gasteiger charge is -2.06. The van der Waals surface area contributed by atoms with Gasteiger partial charge in [-0.1, -0.05) is 24.1 Å². The fraction of sp³-hybridized carbons (Fsp3) is 0.105. The van der Waals surface area contributed by atoms with E-state index in [4.69, 9.17) is 16.3 Å². The Morgan fingerprint density at radius 1 is 1.22 bits per heavy atom. The molecule has 8 heteroatoms. The molecule has 0 radical (unpaired) electrons. The maximum Gasteiger partial charge on any atom is 0.238 e. The number of primary sulfonamides is 1. The topological polar surface area (TPSA) is 87.2 Å². The zero-order valence-electron chi connectivity index (χ0n) is 14.4. The Labute approximate surface area is 156 Å². The van der Waals surface area contributed by atoms with Crippen LogP contribution in [0.5, 0.6) is 5.75 Å². The van der Waals surface area contributed by atoms with Crippen molar-refractivity contribution in [1.82, 2.24) is 9.78 Å². The molecular weight excluding hydrogens is 369 g/mol. The molecule has 1 heterocycles. The Morgan fingerprint density at radius 2 is 1.89 bits per heavy atom. The Hall–Kier alpha value is -3.15. The smallest absolute Gasteiger partial charge is 0.238 e. The number of methoxy groups -OCH3 is 1. The molecular formula is C19H16FN3O3S. The molecule has 0 spiro atoms. The van der Waals surface area contributed by atoms with Crippen LogP contribution in [0, 0.1) is 18.2 Å². The number of aromatic nitrogens is 2. The number of hydrogen-bond acceptors (Lipinski definition) is 4. The number of rotatable bonds is 5. The minimum absolute atomic E-state index is 0.00801. The van der Waals surface area contributed by atoms with E-state index in [0.29, 0.717) is 22.4 Å². The number of halogens is 1. The second kappa shape index (κ2) is 7.23. The zero-order chi connectivity index (χ0) is 19.6. The van der Waals surface area contributed by atoms with Gasteiger partial charge in [-0.3, -0.25) is 4.68 Å². The summed E-state index contributed by atoms with van der Waals surface area (Å²) in [5.74, 6) is 2.13. The molecule has 0 amide bonds. The van der Waals surface area contributed by atoms with Gasteiger partial charge in [-0.15, -0.1) is 6.42 Å². The summed E-state index contributed by atoms with van der Waals surface area (Å²) in [6, 6.07) is 10.5. The molecule has 0 fully saturated rings. The molecule has 3 aromatic rings. The minimum Gasteiger partial charge on any atom is -0.494 e. The SMILES string of the molecule is C#CCn1cc(-c2ccc(OC)c(F)c2)c(-c2ccc(S(N)(=O)=O)cc2)n1. The third kappa shape index (κ3) is 3.84. The number of hydrogen-bond donors (Lipinski definition) is 1. The lowest BCUT2D eigenvalue weighted by atomic mass is 10.0. The van der Waals surface area contributed by atoms with Crippen molar-refractivity contribution >= 4 is 10.0 Å². The van der Waals surface area contributed by atoms with Crippen LogP contribution in [0.2, 0.25) is 0 Å². The second-order valence-electron chi connectivity index (χ2n) is 5.71. The fourth-order valence-corrected chi connectivity index (χ4v) is 3.17. The van der Waals surface area contributed by atoms with Crippen LogP contribution in [-0.4, -0.2) is 25.3 Å². The van der Waals surface area contributed by atoms with E-state index in [2.05, 4.69) is 11.0 Å². The summed E-state index contributed by atoms with van der Waals surface area (Å²) in [6.45, 7) is 0.237. The molecule has 0 saturated carbocycles. The van der Waals surface area contributed by atoms with Gasteiger partial charge in [0.25, 0.3) is 0 Å². The Bertz CT molecular complexity index is 1130.